The summed E-state index contributed by atoms with van der Waals surface area (Å²) < 4.78 is 18.7. The van der Waals surface area contributed by atoms with Crippen LogP contribution in [0.2, 0.25) is 5.02 Å². The number of fused-ring (bicyclic) bond motifs is 1. The Kier molecular flexibility index (Phi) is 5.02. The second kappa shape index (κ2) is 6.92. The van der Waals surface area contributed by atoms with Crippen molar-refractivity contribution in [3.8, 4) is 0 Å². The van der Waals surface area contributed by atoms with Gasteiger partial charge >= 0.3 is 0 Å². The molecule has 2 atom stereocenters. The first-order chi connectivity index (χ1) is 11.9. The SMILES string of the molecule is COCC12CCN(C(=O)c3ccc(F)c(Cl)c3)CC1CN(C(C)=O)C2. The van der Waals surface area contributed by atoms with Crippen LogP contribution in [0.5, 0.6) is 0 Å². The van der Waals surface area contributed by atoms with Crippen LogP contribution in [0, 0.1) is 17.2 Å². The van der Waals surface area contributed by atoms with E-state index in [2.05, 4.69) is 0 Å². The third-order valence-electron chi connectivity index (χ3n) is 5.46. The summed E-state index contributed by atoms with van der Waals surface area (Å²) in [6, 6.07) is 4.03. The molecule has 5 nitrogen and oxygen atoms in total. The summed E-state index contributed by atoms with van der Waals surface area (Å²) in [5.74, 6) is -0.476. The molecule has 25 heavy (non-hydrogen) atoms. The van der Waals surface area contributed by atoms with Gasteiger partial charge < -0.3 is 14.5 Å². The highest BCUT2D eigenvalue weighted by Crippen LogP contribution is 2.43. The maximum absolute atomic E-state index is 13.3. The Morgan fingerprint density at radius 1 is 1.36 bits per heavy atom. The molecule has 0 spiro atoms. The van der Waals surface area contributed by atoms with Crippen molar-refractivity contribution in [2.45, 2.75) is 13.3 Å². The van der Waals surface area contributed by atoms with Crippen molar-refractivity contribution in [1.29, 1.82) is 0 Å². The second-order valence-corrected chi connectivity index (χ2v) is 7.43. The van der Waals surface area contributed by atoms with Crippen LogP contribution in [0.25, 0.3) is 0 Å². The lowest BCUT2D eigenvalue weighted by Gasteiger charge is -2.43. The van der Waals surface area contributed by atoms with Crippen molar-refractivity contribution in [3.05, 3.63) is 34.6 Å². The molecule has 2 amide bonds. The van der Waals surface area contributed by atoms with Gasteiger partial charge in [0.25, 0.3) is 5.91 Å². The Balaban J connectivity index is 1.78. The van der Waals surface area contributed by atoms with Gasteiger partial charge in [0.2, 0.25) is 5.91 Å². The average molecular weight is 369 g/mol. The van der Waals surface area contributed by atoms with E-state index in [1.165, 1.54) is 18.2 Å². The van der Waals surface area contributed by atoms with Gasteiger partial charge in [0.15, 0.2) is 0 Å². The summed E-state index contributed by atoms with van der Waals surface area (Å²) in [5.41, 5.74) is 0.282. The van der Waals surface area contributed by atoms with Crippen LogP contribution in [-0.2, 0) is 9.53 Å². The zero-order valence-corrected chi connectivity index (χ0v) is 15.2. The van der Waals surface area contributed by atoms with E-state index in [1.807, 2.05) is 4.90 Å². The minimum atomic E-state index is -0.538. The van der Waals surface area contributed by atoms with E-state index in [0.717, 1.165) is 6.42 Å². The largest absolute Gasteiger partial charge is 0.384 e. The first-order valence-electron chi connectivity index (χ1n) is 8.35. The molecule has 0 aliphatic carbocycles. The molecule has 0 radical (unpaired) electrons. The van der Waals surface area contributed by atoms with Crippen molar-refractivity contribution in [2.24, 2.45) is 11.3 Å². The number of halogens is 2. The summed E-state index contributed by atoms with van der Waals surface area (Å²) >= 11 is 5.80. The Labute approximate surface area is 151 Å². The minimum Gasteiger partial charge on any atom is -0.384 e. The Morgan fingerprint density at radius 3 is 2.72 bits per heavy atom. The van der Waals surface area contributed by atoms with Crippen LogP contribution < -0.4 is 0 Å². The Morgan fingerprint density at radius 2 is 2.08 bits per heavy atom. The molecule has 2 aliphatic rings. The Hall–Kier alpha value is -1.66. The summed E-state index contributed by atoms with van der Waals surface area (Å²) in [4.78, 5) is 28.2. The van der Waals surface area contributed by atoms with Gasteiger partial charge in [-0.3, -0.25) is 9.59 Å². The first kappa shape index (κ1) is 18.1. The molecule has 1 aromatic rings. The van der Waals surface area contributed by atoms with Gasteiger partial charge in [-0.2, -0.15) is 0 Å². The number of benzene rings is 1. The number of methoxy groups -OCH3 is 1. The monoisotopic (exact) mass is 368 g/mol. The van der Waals surface area contributed by atoms with E-state index in [9.17, 15) is 14.0 Å². The van der Waals surface area contributed by atoms with Gasteiger partial charge in [0.05, 0.1) is 11.6 Å². The summed E-state index contributed by atoms with van der Waals surface area (Å²) in [5, 5.41) is -0.0554. The van der Waals surface area contributed by atoms with Crippen molar-refractivity contribution < 1.29 is 18.7 Å². The van der Waals surface area contributed by atoms with Crippen LogP contribution in [-0.4, -0.2) is 61.5 Å². The number of amides is 2. The highest BCUT2D eigenvalue weighted by molar-refractivity contribution is 6.31. The molecular weight excluding hydrogens is 347 g/mol. The lowest BCUT2D eigenvalue weighted by molar-refractivity contribution is -0.128. The summed E-state index contributed by atoms with van der Waals surface area (Å²) in [7, 11) is 1.67. The fourth-order valence-corrected chi connectivity index (χ4v) is 4.22. The van der Waals surface area contributed by atoms with E-state index in [0.29, 0.717) is 38.3 Å². The highest BCUT2D eigenvalue weighted by Gasteiger charge is 2.50. The molecule has 7 heteroatoms. The second-order valence-electron chi connectivity index (χ2n) is 7.02. The number of nitrogens with zero attached hydrogens (tertiary/aromatic N) is 2. The molecule has 0 bridgehead atoms. The third kappa shape index (κ3) is 3.37. The summed E-state index contributed by atoms with van der Waals surface area (Å²) in [6.45, 7) is 4.59. The van der Waals surface area contributed by atoms with Crippen molar-refractivity contribution in [1.82, 2.24) is 9.80 Å². The van der Waals surface area contributed by atoms with E-state index < -0.39 is 5.82 Å². The van der Waals surface area contributed by atoms with Crippen LogP contribution in [0.3, 0.4) is 0 Å². The number of rotatable bonds is 3. The predicted octanol–water partition coefficient (Wildman–Crippen LogP) is 2.44. The third-order valence-corrected chi connectivity index (χ3v) is 5.75. The number of carbonyl (C=O) groups is 2. The van der Waals surface area contributed by atoms with E-state index in [4.69, 9.17) is 16.3 Å². The lowest BCUT2D eigenvalue weighted by atomic mass is 9.73. The fraction of sp³-hybridized carbons (Fsp3) is 0.556. The predicted molar refractivity (Wildman–Crippen MR) is 92.0 cm³/mol. The quantitative estimate of drug-likeness (QED) is 0.823. The van der Waals surface area contributed by atoms with Crippen molar-refractivity contribution in [2.75, 3.05) is 39.9 Å². The first-order valence-corrected chi connectivity index (χ1v) is 8.73. The average Bonchev–Trinajstić information content (AvgIpc) is 2.96. The molecule has 136 valence electrons. The molecule has 2 unspecified atom stereocenters. The molecule has 0 aromatic heterocycles. The zero-order valence-electron chi connectivity index (χ0n) is 14.4. The van der Waals surface area contributed by atoms with Crippen LogP contribution in [0.1, 0.15) is 23.7 Å². The number of hydrogen-bond acceptors (Lipinski definition) is 3. The topological polar surface area (TPSA) is 49.9 Å². The standard InChI is InChI=1S/C18H22ClFN2O3/c1-12(23)22-9-14-8-21(6-5-18(14,10-22)11-25-2)17(24)13-3-4-16(20)15(19)7-13/h3-4,7,14H,5-6,8-11H2,1-2H3. The minimum absolute atomic E-state index is 0.0491. The maximum atomic E-state index is 13.3. The number of likely N-dealkylation sites (tertiary alicyclic amines) is 2. The van der Waals surface area contributed by atoms with Gasteiger partial charge in [0, 0.05) is 57.1 Å². The number of hydrogen-bond donors (Lipinski definition) is 0. The lowest BCUT2D eigenvalue weighted by Crippen LogP contribution is -2.50. The van der Waals surface area contributed by atoms with Gasteiger partial charge in [-0.1, -0.05) is 11.6 Å². The fourth-order valence-electron chi connectivity index (χ4n) is 4.04. The van der Waals surface area contributed by atoms with Crippen LogP contribution >= 0.6 is 11.6 Å². The normalized spacial score (nSPS) is 25.8. The van der Waals surface area contributed by atoms with Crippen molar-refractivity contribution in [3.63, 3.8) is 0 Å². The van der Waals surface area contributed by atoms with E-state index in [1.54, 1.807) is 18.9 Å². The van der Waals surface area contributed by atoms with Crippen molar-refractivity contribution >= 4 is 23.4 Å². The van der Waals surface area contributed by atoms with Crippen LogP contribution in [0.15, 0.2) is 18.2 Å². The van der Waals surface area contributed by atoms with Crippen LogP contribution in [0.4, 0.5) is 4.39 Å². The number of ether oxygens (including phenoxy) is 1. The maximum Gasteiger partial charge on any atom is 0.253 e. The highest BCUT2D eigenvalue weighted by atomic mass is 35.5. The molecule has 0 saturated carbocycles. The molecule has 0 N–H and O–H groups in total. The molecule has 1 aromatic carbocycles. The molecule has 2 saturated heterocycles. The number of piperidine rings is 1. The molecule has 2 aliphatic heterocycles. The van der Waals surface area contributed by atoms with Gasteiger partial charge in [-0.05, 0) is 24.6 Å². The van der Waals surface area contributed by atoms with E-state index in [-0.39, 0.29) is 28.2 Å². The molecule has 2 heterocycles. The molecule has 2 fully saturated rings. The smallest absolute Gasteiger partial charge is 0.253 e. The van der Waals surface area contributed by atoms with E-state index >= 15 is 0 Å². The number of carbonyl (C=O) groups excluding carboxylic acids is 2. The Bertz CT molecular complexity index is 699. The van der Waals surface area contributed by atoms with Gasteiger partial charge in [-0.25, -0.2) is 4.39 Å². The zero-order chi connectivity index (χ0) is 18.2. The summed E-state index contributed by atoms with van der Waals surface area (Å²) in [6.07, 6.45) is 0.774. The molecule has 3 rings (SSSR count). The molecular formula is C18H22ClFN2O3. The van der Waals surface area contributed by atoms with Gasteiger partial charge in [-0.15, -0.1) is 0 Å². The van der Waals surface area contributed by atoms with Gasteiger partial charge in [0.1, 0.15) is 5.82 Å².